The molecule has 66 valence electrons. The molecule has 0 radical (unpaired) electrons. The van der Waals surface area contributed by atoms with Crippen molar-refractivity contribution >= 4 is 0 Å². The van der Waals surface area contributed by atoms with E-state index in [0.717, 1.165) is 11.8 Å². The SMILES string of the molecule is CC(C)CC1(C)CCC(C)C1. The van der Waals surface area contributed by atoms with E-state index in [1.165, 1.54) is 25.7 Å². The van der Waals surface area contributed by atoms with E-state index in [4.69, 9.17) is 0 Å². The lowest BCUT2D eigenvalue weighted by molar-refractivity contribution is 0.257. The highest BCUT2D eigenvalue weighted by atomic mass is 14.4. The smallest absolute Gasteiger partial charge is 0.0321 e. The molecule has 11 heavy (non-hydrogen) atoms. The maximum absolute atomic E-state index is 2.47. The highest BCUT2D eigenvalue weighted by Crippen LogP contribution is 2.45. The molecule has 0 aromatic heterocycles. The largest absolute Gasteiger partial charge is 0.0628 e. The van der Waals surface area contributed by atoms with Crippen LogP contribution in [0.1, 0.15) is 53.4 Å². The molecule has 0 aromatic rings. The van der Waals surface area contributed by atoms with Crippen LogP contribution in [0.25, 0.3) is 0 Å². The van der Waals surface area contributed by atoms with E-state index in [1.54, 1.807) is 0 Å². The van der Waals surface area contributed by atoms with E-state index in [0.29, 0.717) is 5.41 Å². The number of hydrogen-bond donors (Lipinski definition) is 0. The van der Waals surface area contributed by atoms with Gasteiger partial charge in [-0.3, -0.25) is 0 Å². The topological polar surface area (TPSA) is 0 Å². The third kappa shape index (κ3) is 2.50. The van der Waals surface area contributed by atoms with Gasteiger partial charge in [0.15, 0.2) is 0 Å². The monoisotopic (exact) mass is 154 g/mol. The fourth-order valence-electron chi connectivity index (χ4n) is 2.81. The van der Waals surface area contributed by atoms with Gasteiger partial charge < -0.3 is 0 Å². The zero-order valence-electron chi connectivity index (χ0n) is 8.48. The van der Waals surface area contributed by atoms with Crippen LogP contribution in [-0.2, 0) is 0 Å². The summed E-state index contributed by atoms with van der Waals surface area (Å²) in [6, 6.07) is 0. The van der Waals surface area contributed by atoms with Crippen molar-refractivity contribution in [2.24, 2.45) is 17.3 Å². The molecule has 0 bridgehead atoms. The Morgan fingerprint density at radius 3 is 2.45 bits per heavy atom. The lowest BCUT2D eigenvalue weighted by Gasteiger charge is -2.25. The van der Waals surface area contributed by atoms with Gasteiger partial charge in [-0.15, -0.1) is 0 Å². The molecule has 1 aliphatic carbocycles. The Bertz CT molecular complexity index is 126. The fourth-order valence-corrected chi connectivity index (χ4v) is 2.81. The summed E-state index contributed by atoms with van der Waals surface area (Å²) in [4.78, 5) is 0. The predicted molar refractivity (Wildman–Crippen MR) is 50.6 cm³/mol. The molecule has 2 atom stereocenters. The van der Waals surface area contributed by atoms with E-state index >= 15 is 0 Å². The Balaban J connectivity index is 2.42. The first-order valence-electron chi connectivity index (χ1n) is 5.02. The molecule has 0 saturated heterocycles. The van der Waals surface area contributed by atoms with Crippen LogP contribution in [0.3, 0.4) is 0 Å². The molecule has 0 heteroatoms. The zero-order chi connectivity index (χ0) is 8.48. The van der Waals surface area contributed by atoms with Crippen LogP contribution in [0.4, 0.5) is 0 Å². The summed E-state index contributed by atoms with van der Waals surface area (Å²) in [5, 5.41) is 0. The van der Waals surface area contributed by atoms with Gasteiger partial charge in [-0.25, -0.2) is 0 Å². The molecule has 0 nitrogen and oxygen atoms in total. The van der Waals surface area contributed by atoms with Crippen molar-refractivity contribution in [1.82, 2.24) is 0 Å². The van der Waals surface area contributed by atoms with Gasteiger partial charge in [0.1, 0.15) is 0 Å². The minimum atomic E-state index is 0.688. The Labute approximate surface area is 71.4 Å². The fraction of sp³-hybridized carbons (Fsp3) is 1.00. The third-order valence-electron chi connectivity index (χ3n) is 2.98. The molecule has 0 aromatic carbocycles. The van der Waals surface area contributed by atoms with E-state index in [-0.39, 0.29) is 0 Å². The molecule has 0 heterocycles. The lowest BCUT2D eigenvalue weighted by atomic mass is 9.80. The van der Waals surface area contributed by atoms with Gasteiger partial charge in [-0.05, 0) is 36.5 Å². The second kappa shape index (κ2) is 3.16. The Hall–Kier alpha value is 0. The van der Waals surface area contributed by atoms with Gasteiger partial charge in [0.05, 0.1) is 0 Å². The van der Waals surface area contributed by atoms with Crippen molar-refractivity contribution in [3.05, 3.63) is 0 Å². The molecule has 1 rings (SSSR count). The molecular weight excluding hydrogens is 132 g/mol. The second-order valence-corrected chi connectivity index (χ2v) is 5.26. The van der Waals surface area contributed by atoms with Crippen molar-refractivity contribution in [3.8, 4) is 0 Å². The van der Waals surface area contributed by atoms with Crippen LogP contribution < -0.4 is 0 Å². The first-order valence-corrected chi connectivity index (χ1v) is 5.02. The Kier molecular flexibility index (Phi) is 2.61. The van der Waals surface area contributed by atoms with Gasteiger partial charge in [-0.2, -0.15) is 0 Å². The first kappa shape index (κ1) is 9.09. The van der Waals surface area contributed by atoms with Crippen molar-refractivity contribution in [2.45, 2.75) is 53.4 Å². The highest BCUT2D eigenvalue weighted by molar-refractivity contribution is 4.84. The standard InChI is InChI=1S/C11H22/c1-9(2)7-11(4)6-5-10(3)8-11/h9-10H,5-8H2,1-4H3. The predicted octanol–water partition coefficient (Wildman–Crippen LogP) is 3.86. The molecule has 0 amide bonds. The molecule has 0 N–H and O–H groups in total. The highest BCUT2D eigenvalue weighted by Gasteiger charge is 2.32. The summed E-state index contributed by atoms with van der Waals surface area (Å²) in [5.74, 6) is 1.86. The summed E-state index contributed by atoms with van der Waals surface area (Å²) in [6.45, 7) is 9.55. The van der Waals surface area contributed by atoms with Crippen LogP contribution >= 0.6 is 0 Å². The summed E-state index contributed by atoms with van der Waals surface area (Å²) < 4.78 is 0. The van der Waals surface area contributed by atoms with Crippen LogP contribution in [-0.4, -0.2) is 0 Å². The second-order valence-electron chi connectivity index (χ2n) is 5.26. The third-order valence-corrected chi connectivity index (χ3v) is 2.98. The van der Waals surface area contributed by atoms with E-state index in [9.17, 15) is 0 Å². The first-order chi connectivity index (χ1) is 5.02. The average Bonchev–Trinajstić information content (AvgIpc) is 2.08. The minimum absolute atomic E-state index is 0.688. The quantitative estimate of drug-likeness (QED) is 0.566. The van der Waals surface area contributed by atoms with Crippen LogP contribution in [0.5, 0.6) is 0 Å². The van der Waals surface area contributed by atoms with E-state index < -0.39 is 0 Å². The molecule has 1 saturated carbocycles. The molecule has 0 spiro atoms. The van der Waals surface area contributed by atoms with Crippen LogP contribution in [0.15, 0.2) is 0 Å². The van der Waals surface area contributed by atoms with Crippen molar-refractivity contribution in [1.29, 1.82) is 0 Å². The Morgan fingerprint density at radius 1 is 1.45 bits per heavy atom. The molecular formula is C11H22. The zero-order valence-corrected chi connectivity index (χ0v) is 8.48. The van der Waals surface area contributed by atoms with Crippen LogP contribution in [0.2, 0.25) is 0 Å². The van der Waals surface area contributed by atoms with Crippen molar-refractivity contribution < 1.29 is 0 Å². The summed E-state index contributed by atoms with van der Waals surface area (Å²) in [5.41, 5.74) is 0.688. The summed E-state index contributed by atoms with van der Waals surface area (Å²) >= 11 is 0. The average molecular weight is 154 g/mol. The number of hydrogen-bond acceptors (Lipinski definition) is 0. The summed E-state index contributed by atoms with van der Waals surface area (Å²) in [7, 11) is 0. The van der Waals surface area contributed by atoms with Gasteiger partial charge in [0.2, 0.25) is 0 Å². The molecule has 1 aliphatic rings. The minimum Gasteiger partial charge on any atom is -0.0628 e. The lowest BCUT2D eigenvalue weighted by Crippen LogP contribution is -2.14. The van der Waals surface area contributed by atoms with Crippen molar-refractivity contribution in [3.63, 3.8) is 0 Å². The maximum atomic E-state index is 2.47. The molecule has 2 unspecified atom stereocenters. The molecule has 0 aliphatic heterocycles. The van der Waals surface area contributed by atoms with Gasteiger partial charge in [0.25, 0.3) is 0 Å². The van der Waals surface area contributed by atoms with Gasteiger partial charge in [0, 0.05) is 0 Å². The number of rotatable bonds is 2. The van der Waals surface area contributed by atoms with Gasteiger partial charge in [-0.1, -0.05) is 34.1 Å². The van der Waals surface area contributed by atoms with Crippen molar-refractivity contribution in [2.75, 3.05) is 0 Å². The van der Waals surface area contributed by atoms with Gasteiger partial charge >= 0.3 is 0 Å². The maximum Gasteiger partial charge on any atom is -0.0321 e. The van der Waals surface area contributed by atoms with E-state index in [1.807, 2.05) is 0 Å². The summed E-state index contributed by atoms with van der Waals surface area (Å²) in [6.07, 6.45) is 5.82. The van der Waals surface area contributed by atoms with E-state index in [2.05, 4.69) is 27.7 Å². The normalized spacial score (nSPS) is 38.5. The van der Waals surface area contributed by atoms with Crippen LogP contribution in [0, 0.1) is 17.3 Å². The molecule has 1 fully saturated rings. The Morgan fingerprint density at radius 2 is 2.09 bits per heavy atom.